The standard InChI is InChI=1S/C44H26N4/c45-26-28-9-11-30(12-10-28)40-25-41(48-44(47-40)36-7-2-6-35(24-36)37-8-3-23-46-27-37)31-15-13-29(14-16-31)38-21-19-34-18-17-32-4-1-5-33-20-22-39(38)43(34)42(32)33/h1-25,27H. The summed E-state index contributed by atoms with van der Waals surface area (Å²) in [7, 11) is 0. The van der Waals surface area contributed by atoms with E-state index in [1.54, 1.807) is 6.20 Å². The van der Waals surface area contributed by atoms with E-state index in [1.807, 2.05) is 60.8 Å². The maximum atomic E-state index is 9.36. The minimum Gasteiger partial charge on any atom is -0.264 e. The molecule has 2 aromatic heterocycles. The molecule has 0 atom stereocenters. The highest BCUT2D eigenvalue weighted by Crippen LogP contribution is 2.40. The van der Waals surface area contributed by atoms with Gasteiger partial charge in [0.05, 0.1) is 23.0 Å². The number of benzene rings is 7. The summed E-state index contributed by atoms with van der Waals surface area (Å²) in [6, 6.07) is 52.6. The van der Waals surface area contributed by atoms with Gasteiger partial charge in [-0.15, -0.1) is 0 Å². The van der Waals surface area contributed by atoms with E-state index >= 15 is 0 Å². The summed E-state index contributed by atoms with van der Waals surface area (Å²) in [5, 5.41) is 17.0. The maximum absolute atomic E-state index is 9.36. The van der Waals surface area contributed by atoms with Crippen molar-refractivity contribution in [2.24, 2.45) is 0 Å². The van der Waals surface area contributed by atoms with Crippen molar-refractivity contribution in [3.05, 3.63) is 164 Å². The first-order valence-corrected chi connectivity index (χ1v) is 15.9. The first-order valence-electron chi connectivity index (χ1n) is 15.9. The fourth-order valence-corrected chi connectivity index (χ4v) is 6.77. The summed E-state index contributed by atoms with van der Waals surface area (Å²) in [5.74, 6) is 0.633. The molecule has 0 N–H and O–H groups in total. The number of nitrogens with zero attached hydrogens (tertiary/aromatic N) is 4. The molecule has 0 radical (unpaired) electrons. The van der Waals surface area contributed by atoms with Crippen LogP contribution in [0, 0.1) is 11.3 Å². The summed E-state index contributed by atoms with van der Waals surface area (Å²) < 4.78 is 0. The lowest BCUT2D eigenvalue weighted by Crippen LogP contribution is -1.96. The minimum atomic E-state index is 0.611. The normalized spacial score (nSPS) is 11.3. The predicted molar refractivity (Wildman–Crippen MR) is 195 cm³/mol. The molecule has 222 valence electrons. The molecule has 0 aliphatic rings. The van der Waals surface area contributed by atoms with E-state index in [0.29, 0.717) is 11.4 Å². The van der Waals surface area contributed by atoms with Crippen LogP contribution in [-0.4, -0.2) is 15.0 Å². The van der Waals surface area contributed by atoms with Gasteiger partial charge in [0.15, 0.2) is 5.82 Å². The zero-order valence-corrected chi connectivity index (χ0v) is 25.8. The van der Waals surface area contributed by atoms with Crippen molar-refractivity contribution in [1.29, 1.82) is 5.26 Å². The van der Waals surface area contributed by atoms with Gasteiger partial charge in [0, 0.05) is 34.6 Å². The van der Waals surface area contributed by atoms with Gasteiger partial charge in [-0.1, -0.05) is 115 Å². The first kappa shape index (κ1) is 27.6. The second kappa shape index (κ2) is 11.3. The van der Waals surface area contributed by atoms with Crippen molar-refractivity contribution in [1.82, 2.24) is 15.0 Å². The van der Waals surface area contributed by atoms with Crippen LogP contribution in [0.1, 0.15) is 5.56 Å². The predicted octanol–water partition coefficient (Wildman–Crippen LogP) is 11.0. The Morgan fingerprint density at radius 2 is 1.06 bits per heavy atom. The Labute approximate surface area is 277 Å². The number of aromatic nitrogens is 3. The lowest BCUT2D eigenvalue weighted by atomic mass is 9.89. The van der Waals surface area contributed by atoms with Crippen LogP contribution in [0.5, 0.6) is 0 Å². The lowest BCUT2D eigenvalue weighted by Gasteiger charge is -2.14. The molecule has 0 spiro atoms. The van der Waals surface area contributed by atoms with Gasteiger partial charge in [-0.25, -0.2) is 9.97 Å². The molecule has 0 aliphatic carbocycles. The molecule has 0 aliphatic heterocycles. The molecule has 0 bridgehead atoms. The fraction of sp³-hybridized carbons (Fsp3) is 0. The van der Waals surface area contributed by atoms with Crippen LogP contribution in [0.2, 0.25) is 0 Å². The summed E-state index contributed by atoms with van der Waals surface area (Å²) in [5.41, 5.74) is 9.51. The molecular weight excluding hydrogens is 585 g/mol. The van der Waals surface area contributed by atoms with Gasteiger partial charge in [-0.05, 0) is 79.3 Å². The maximum Gasteiger partial charge on any atom is 0.160 e. The van der Waals surface area contributed by atoms with Gasteiger partial charge in [0.25, 0.3) is 0 Å². The van der Waals surface area contributed by atoms with Crippen molar-refractivity contribution >= 4 is 32.3 Å². The molecular formula is C44H26N4. The highest BCUT2D eigenvalue weighted by atomic mass is 14.9. The zero-order valence-electron chi connectivity index (χ0n) is 25.8. The summed E-state index contributed by atoms with van der Waals surface area (Å²) >= 11 is 0. The largest absolute Gasteiger partial charge is 0.264 e. The Morgan fingerprint density at radius 3 is 1.77 bits per heavy atom. The minimum absolute atomic E-state index is 0.611. The number of rotatable bonds is 5. The molecule has 0 saturated heterocycles. The second-order valence-electron chi connectivity index (χ2n) is 12.0. The van der Waals surface area contributed by atoms with Crippen LogP contribution in [0.3, 0.4) is 0 Å². The van der Waals surface area contributed by atoms with Crippen LogP contribution in [0.25, 0.3) is 88.5 Å². The first-order chi connectivity index (χ1) is 23.7. The monoisotopic (exact) mass is 610 g/mol. The number of pyridine rings is 1. The molecule has 0 saturated carbocycles. The molecule has 0 unspecified atom stereocenters. The Morgan fingerprint density at radius 1 is 0.458 bits per heavy atom. The molecule has 0 amide bonds. The lowest BCUT2D eigenvalue weighted by molar-refractivity contribution is 1.18. The molecule has 9 aromatic rings. The van der Waals surface area contributed by atoms with Crippen LogP contribution in [-0.2, 0) is 0 Å². The van der Waals surface area contributed by atoms with Gasteiger partial charge in [0.1, 0.15) is 0 Å². The van der Waals surface area contributed by atoms with E-state index in [-0.39, 0.29) is 0 Å². The van der Waals surface area contributed by atoms with Crippen molar-refractivity contribution in [2.45, 2.75) is 0 Å². The molecule has 4 nitrogen and oxygen atoms in total. The fourth-order valence-electron chi connectivity index (χ4n) is 6.77. The van der Waals surface area contributed by atoms with Crippen molar-refractivity contribution in [3.63, 3.8) is 0 Å². The summed E-state index contributed by atoms with van der Waals surface area (Å²) in [4.78, 5) is 14.4. The van der Waals surface area contributed by atoms with Gasteiger partial charge in [0.2, 0.25) is 0 Å². The van der Waals surface area contributed by atoms with Crippen molar-refractivity contribution < 1.29 is 0 Å². The topological polar surface area (TPSA) is 62.5 Å². The van der Waals surface area contributed by atoms with Gasteiger partial charge in [-0.3, -0.25) is 4.98 Å². The molecule has 48 heavy (non-hydrogen) atoms. The van der Waals surface area contributed by atoms with E-state index in [9.17, 15) is 5.26 Å². The van der Waals surface area contributed by atoms with Crippen molar-refractivity contribution in [3.8, 4) is 62.2 Å². The van der Waals surface area contributed by atoms with Crippen LogP contribution >= 0.6 is 0 Å². The third-order valence-corrected chi connectivity index (χ3v) is 9.17. The second-order valence-corrected chi connectivity index (χ2v) is 12.0. The van der Waals surface area contributed by atoms with E-state index < -0.39 is 0 Å². The van der Waals surface area contributed by atoms with Crippen LogP contribution in [0.4, 0.5) is 0 Å². The Hall–Kier alpha value is -6.70. The molecule has 2 heterocycles. The average Bonchev–Trinajstić information content (AvgIpc) is 3.17. The van der Waals surface area contributed by atoms with Gasteiger partial charge < -0.3 is 0 Å². The van der Waals surface area contributed by atoms with E-state index in [1.165, 1.54) is 37.9 Å². The third kappa shape index (κ3) is 4.74. The van der Waals surface area contributed by atoms with Crippen LogP contribution < -0.4 is 0 Å². The zero-order chi connectivity index (χ0) is 32.0. The van der Waals surface area contributed by atoms with Gasteiger partial charge >= 0.3 is 0 Å². The molecule has 0 fully saturated rings. The molecule has 7 aromatic carbocycles. The Balaban J connectivity index is 1.16. The molecule has 9 rings (SSSR count). The SMILES string of the molecule is N#Cc1ccc(-c2cc(-c3ccc(-c4ccc5ccc6cccc7ccc4c5c67)cc3)nc(-c3cccc(-c4cccnc4)c3)n2)cc1. The third-order valence-electron chi connectivity index (χ3n) is 9.17. The summed E-state index contributed by atoms with van der Waals surface area (Å²) in [6.45, 7) is 0. The Kier molecular flexibility index (Phi) is 6.48. The number of hydrogen-bond donors (Lipinski definition) is 0. The van der Waals surface area contributed by atoms with Crippen molar-refractivity contribution in [2.75, 3.05) is 0 Å². The van der Waals surface area contributed by atoms with E-state index in [0.717, 1.165) is 44.8 Å². The number of hydrogen-bond acceptors (Lipinski definition) is 4. The summed E-state index contributed by atoms with van der Waals surface area (Å²) in [6.07, 6.45) is 3.64. The number of nitriles is 1. The average molecular weight is 611 g/mol. The Bertz CT molecular complexity index is 2640. The van der Waals surface area contributed by atoms with Crippen LogP contribution in [0.15, 0.2) is 158 Å². The van der Waals surface area contributed by atoms with E-state index in [2.05, 4.69) is 102 Å². The van der Waals surface area contributed by atoms with E-state index in [4.69, 9.17) is 9.97 Å². The highest BCUT2D eigenvalue weighted by Gasteiger charge is 2.14. The highest BCUT2D eigenvalue weighted by molar-refractivity contribution is 6.25. The molecule has 4 heteroatoms. The smallest absolute Gasteiger partial charge is 0.160 e. The van der Waals surface area contributed by atoms with Gasteiger partial charge in [-0.2, -0.15) is 5.26 Å². The quantitative estimate of drug-likeness (QED) is 0.182.